The van der Waals surface area contributed by atoms with E-state index < -0.39 is 18.5 Å². The summed E-state index contributed by atoms with van der Waals surface area (Å²) in [4.78, 5) is 21.8. The first-order valence-electron chi connectivity index (χ1n) is 5.56. The van der Waals surface area contributed by atoms with Crippen LogP contribution in [0.3, 0.4) is 0 Å². The average molecular weight is 267 g/mol. The molecule has 0 aliphatic carbocycles. The molecule has 0 atom stereocenters. The number of fused-ring (bicyclic) bond motifs is 1. The molecule has 2 rings (SSSR count). The summed E-state index contributed by atoms with van der Waals surface area (Å²) in [5, 5.41) is 11.0. The molecular formula is C12H13NO6. The van der Waals surface area contributed by atoms with E-state index in [1.807, 2.05) is 6.92 Å². The number of carboxylic acids is 1. The molecule has 1 heterocycles. The lowest BCUT2D eigenvalue weighted by molar-refractivity contribution is -0.143. The topological polar surface area (TPSA) is 94.1 Å². The molecule has 0 fully saturated rings. The number of ether oxygens (including phenoxy) is 3. The molecule has 0 saturated carbocycles. The van der Waals surface area contributed by atoms with Crippen molar-refractivity contribution >= 4 is 17.6 Å². The zero-order valence-corrected chi connectivity index (χ0v) is 10.3. The third kappa shape index (κ3) is 3.35. The van der Waals surface area contributed by atoms with E-state index in [1.54, 1.807) is 12.1 Å². The zero-order chi connectivity index (χ0) is 13.8. The molecule has 0 spiro atoms. The van der Waals surface area contributed by atoms with Crippen LogP contribution < -0.4 is 14.8 Å². The lowest BCUT2D eigenvalue weighted by Gasteiger charge is -2.09. The third-order valence-electron chi connectivity index (χ3n) is 2.45. The van der Waals surface area contributed by atoms with Gasteiger partial charge in [0.25, 0.3) is 0 Å². The molecule has 0 saturated heterocycles. The number of hydrogen-bond acceptors (Lipinski definition) is 5. The van der Waals surface area contributed by atoms with Gasteiger partial charge >= 0.3 is 5.97 Å². The maximum atomic E-state index is 11.5. The van der Waals surface area contributed by atoms with Gasteiger partial charge in [-0.1, -0.05) is 0 Å². The highest BCUT2D eigenvalue weighted by Gasteiger charge is 2.16. The van der Waals surface area contributed by atoms with E-state index in [-0.39, 0.29) is 13.4 Å². The van der Waals surface area contributed by atoms with Gasteiger partial charge in [-0.15, -0.1) is 0 Å². The Balaban J connectivity index is 1.95. The second-order valence-electron chi connectivity index (χ2n) is 3.96. The number of rotatable bonds is 5. The molecular weight excluding hydrogens is 254 g/mol. The second-order valence-corrected chi connectivity index (χ2v) is 3.96. The molecule has 1 aliphatic rings. The number of aliphatic carboxylic acids is 1. The molecule has 1 aliphatic heterocycles. The summed E-state index contributed by atoms with van der Waals surface area (Å²) in [5.41, 5.74) is 1.39. The van der Waals surface area contributed by atoms with Crippen molar-refractivity contribution in [1.29, 1.82) is 0 Å². The molecule has 0 bridgehead atoms. The predicted molar refractivity (Wildman–Crippen MR) is 64.4 cm³/mol. The molecule has 19 heavy (non-hydrogen) atoms. The van der Waals surface area contributed by atoms with E-state index in [0.29, 0.717) is 17.2 Å². The van der Waals surface area contributed by atoms with Crippen molar-refractivity contribution in [2.24, 2.45) is 0 Å². The summed E-state index contributed by atoms with van der Waals surface area (Å²) in [7, 11) is 0. The maximum Gasteiger partial charge on any atom is 0.329 e. The Hall–Kier alpha value is -2.28. The van der Waals surface area contributed by atoms with E-state index in [0.717, 1.165) is 5.56 Å². The van der Waals surface area contributed by atoms with Gasteiger partial charge in [-0.3, -0.25) is 4.79 Å². The van der Waals surface area contributed by atoms with Gasteiger partial charge in [0.15, 0.2) is 11.5 Å². The van der Waals surface area contributed by atoms with Gasteiger partial charge in [-0.05, 0) is 18.6 Å². The fourth-order valence-corrected chi connectivity index (χ4v) is 1.60. The normalized spacial score (nSPS) is 12.3. The highest BCUT2D eigenvalue weighted by Crippen LogP contribution is 2.36. The number of anilines is 1. The Labute approximate surface area is 109 Å². The smallest absolute Gasteiger partial charge is 0.329 e. The maximum absolute atomic E-state index is 11.5. The third-order valence-corrected chi connectivity index (χ3v) is 2.45. The van der Waals surface area contributed by atoms with Crippen molar-refractivity contribution < 1.29 is 28.9 Å². The predicted octanol–water partition coefficient (Wildman–Crippen LogP) is 0.763. The first kappa shape index (κ1) is 13.2. The average Bonchev–Trinajstić information content (AvgIpc) is 2.76. The van der Waals surface area contributed by atoms with E-state index in [9.17, 15) is 9.59 Å². The van der Waals surface area contributed by atoms with Gasteiger partial charge in [0.1, 0.15) is 13.2 Å². The second kappa shape index (κ2) is 5.57. The summed E-state index contributed by atoms with van der Waals surface area (Å²) in [6.07, 6.45) is 0. The van der Waals surface area contributed by atoms with Gasteiger partial charge in [-0.2, -0.15) is 0 Å². The van der Waals surface area contributed by atoms with Crippen LogP contribution in [-0.2, 0) is 14.3 Å². The Bertz CT molecular complexity index is 513. The van der Waals surface area contributed by atoms with Crippen molar-refractivity contribution in [2.75, 3.05) is 25.3 Å². The van der Waals surface area contributed by atoms with Crippen LogP contribution in [0.15, 0.2) is 12.1 Å². The highest BCUT2D eigenvalue weighted by molar-refractivity contribution is 5.93. The number of carbonyl (C=O) groups is 2. The van der Waals surface area contributed by atoms with Crippen LogP contribution in [0, 0.1) is 6.92 Å². The largest absolute Gasteiger partial charge is 0.480 e. The number of carboxylic acid groups (broad SMARTS) is 1. The number of benzene rings is 1. The van der Waals surface area contributed by atoms with Gasteiger partial charge < -0.3 is 24.6 Å². The summed E-state index contributed by atoms with van der Waals surface area (Å²) in [6.45, 7) is 1.15. The molecule has 1 aromatic rings. The van der Waals surface area contributed by atoms with E-state index in [1.165, 1.54) is 0 Å². The molecule has 102 valence electrons. The minimum absolute atomic E-state index is 0.161. The van der Waals surface area contributed by atoms with E-state index in [2.05, 4.69) is 5.32 Å². The van der Waals surface area contributed by atoms with E-state index >= 15 is 0 Å². The van der Waals surface area contributed by atoms with Crippen molar-refractivity contribution in [1.82, 2.24) is 0 Å². The molecule has 0 aromatic heterocycles. The first-order chi connectivity index (χ1) is 9.06. The van der Waals surface area contributed by atoms with Crippen molar-refractivity contribution in [3.05, 3.63) is 17.7 Å². The van der Waals surface area contributed by atoms with Gasteiger partial charge in [0.2, 0.25) is 12.7 Å². The summed E-state index contributed by atoms with van der Waals surface area (Å²) in [5.74, 6) is -0.347. The molecule has 7 heteroatoms. The van der Waals surface area contributed by atoms with Crippen molar-refractivity contribution in [3.8, 4) is 11.5 Å². The van der Waals surface area contributed by atoms with Gasteiger partial charge in [-0.25, -0.2) is 4.79 Å². The van der Waals surface area contributed by atoms with Crippen LogP contribution in [0.5, 0.6) is 11.5 Å². The fraction of sp³-hybridized carbons (Fsp3) is 0.333. The van der Waals surface area contributed by atoms with Crippen LogP contribution >= 0.6 is 0 Å². The number of nitrogens with one attached hydrogen (secondary N) is 1. The SMILES string of the molecule is Cc1cc2c(cc1NC(=O)COCC(=O)O)OCO2. The Morgan fingerprint density at radius 1 is 1.32 bits per heavy atom. The lowest BCUT2D eigenvalue weighted by atomic mass is 10.1. The summed E-state index contributed by atoms with van der Waals surface area (Å²) in [6, 6.07) is 3.42. The minimum atomic E-state index is -1.12. The zero-order valence-electron chi connectivity index (χ0n) is 10.3. The molecule has 0 unspecified atom stereocenters. The van der Waals surface area contributed by atoms with Gasteiger partial charge in [0.05, 0.1) is 0 Å². The first-order valence-corrected chi connectivity index (χ1v) is 5.56. The van der Waals surface area contributed by atoms with Crippen molar-refractivity contribution in [2.45, 2.75) is 6.92 Å². The van der Waals surface area contributed by atoms with Crippen LogP contribution in [0.1, 0.15) is 5.56 Å². The number of hydrogen-bond donors (Lipinski definition) is 2. The monoisotopic (exact) mass is 267 g/mol. The van der Waals surface area contributed by atoms with Crippen LogP contribution in [0.25, 0.3) is 0 Å². The molecule has 0 radical (unpaired) electrons. The minimum Gasteiger partial charge on any atom is -0.480 e. The number of aryl methyl sites for hydroxylation is 1. The highest BCUT2D eigenvalue weighted by atomic mass is 16.7. The fourth-order valence-electron chi connectivity index (χ4n) is 1.60. The van der Waals surface area contributed by atoms with Crippen molar-refractivity contribution in [3.63, 3.8) is 0 Å². The van der Waals surface area contributed by atoms with Crippen LogP contribution in [0.2, 0.25) is 0 Å². The Morgan fingerprint density at radius 2 is 2.00 bits per heavy atom. The molecule has 7 nitrogen and oxygen atoms in total. The number of carbonyl (C=O) groups excluding carboxylic acids is 1. The van der Waals surface area contributed by atoms with Crippen LogP contribution in [0.4, 0.5) is 5.69 Å². The van der Waals surface area contributed by atoms with Crippen LogP contribution in [-0.4, -0.2) is 37.0 Å². The number of amides is 1. The molecule has 1 amide bonds. The lowest BCUT2D eigenvalue weighted by Crippen LogP contribution is -2.21. The van der Waals surface area contributed by atoms with E-state index in [4.69, 9.17) is 19.3 Å². The molecule has 1 aromatic carbocycles. The quantitative estimate of drug-likeness (QED) is 0.818. The summed E-state index contributed by atoms with van der Waals surface area (Å²) < 4.78 is 15.1. The summed E-state index contributed by atoms with van der Waals surface area (Å²) >= 11 is 0. The Kier molecular flexibility index (Phi) is 3.86. The molecule has 2 N–H and O–H groups in total. The Morgan fingerprint density at radius 3 is 2.68 bits per heavy atom. The standard InChI is InChI=1S/C12H13NO6/c1-7-2-9-10(19-6-18-9)3-8(7)13-11(14)4-17-5-12(15)16/h2-3H,4-6H2,1H3,(H,13,14)(H,15,16). The van der Waals surface area contributed by atoms with Gasteiger partial charge in [0, 0.05) is 11.8 Å².